The lowest BCUT2D eigenvalue weighted by Gasteiger charge is -2.35. The van der Waals surface area contributed by atoms with Gasteiger partial charge in [-0.3, -0.25) is 33.3 Å². The molecule has 6 heterocycles. The number of aromatic nitrogens is 4. The Kier molecular flexibility index (Phi) is 11.5. The van der Waals surface area contributed by atoms with Crippen LogP contribution in [-0.2, 0) is 50.3 Å². The van der Waals surface area contributed by atoms with Crippen molar-refractivity contribution in [3.63, 3.8) is 0 Å². The number of nitrogens with zero attached hydrogens (tertiary/aromatic N) is 6. The Labute approximate surface area is 309 Å². The number of fused-ring (bicyclic) bond motifs is 2. The molecule has 0 spiro atoms. The van der Waals surface area contributed by atoms with Crippen molar-refractivity contribution >= 4 is 58.4 Å². The Bertz CT molecular complexity index is 1910. The van der Waals surface area contributed by atoms with Crippen LogP contribution in [0.2, 0.25) is 0 Å². The number of aliphatic hydroxyl groups excluding tert-OH is 2. The normalized spacial score (nSPS) is 31.0. The Morgan fingerprint density at radius 1 is 0.745 bits per heavy atom. The van der Waals surface area contributed by atoms with Gasteiger partial charge in [0, 0.05) is 28.3 Å². The van der Waals surface area contributed by atoms with E-state index in [0.29, 0.717) is 0 Å². The first-order chi connectivity index (χ1) is 25.7. The highest BCUT2D eigenvalue weighted by atomic mass is 31.3. The number of H-pyrrole nitrogens is 2. The van der Waals surface area contributed by atoms with Gasteiger partial charge in [-0.15, -0.1) is 0 Å². The van der Waals surface area contributed by atoms with Crippen LogP contribution in [0.25, 0.3) is 0 Å². The molecule has 0 amide bonds. The van der Waals surface area contributed by atoms with Gasteiger partial charge in [-0.2, -0.15) is 9.97 Å². The third-order valence-electron chi connectivity index (χ3n) is 8.80. The molecule has 0 aliphatic carbocycles. The number of phosphoric acid groups is 3. The van der Waals surface area contributed by atoms with Gasteiger partial charge >= 0.3 is 0 Å². The number of phosphoric ester groups is 2. The quantitative estimate of drug-likeness (QED) is 0.0968. The zero-order valence-corrected chi connectivity index (χ0v) is 31.7. The number of ether oxygens (including phenoxy) is 4. The summed E-state index contributed by atoms with van der Waals surface area (Å²) in [7, 11) is -12.7. The van der Waals surface area contributed by atoms with E-state index in [2.05, 4.69) is 37.6 Å². The number of nitrogen functional groups attached to an aromatic ring is 2. The van der Waals surface area contributed by atoms with E-state index in [-0.39, 0.29) is 48.2 Å². The molecule has 2 aromatic heterocycles. The predicted octanol–water partition coefficient (Wildman–Crippen LogP) is -5.18. The van der Waals surface area contributed by atoms with Crippen LogP contribution in [0.4, 0.5) is 34.9 Å². The fraction of sp³-hybridized carbons (Fsp3) is 0.667. The SMILES string of the molecule is COC1C(O)[C@@H](COP(=O)([O-])OP(=O)([O-])OP(=O)([O-])OC[C@H]2O[C@@H](N3CN(C)c4c3nc(N)[nH]c4=O)C(OC)[C@H]2O)O[C@H]1N1CN(C)c2c1nc(N)[nH]c2=O. The lowest BCUT2D eigenvalue weighted by atomic mass is 10.1. The number of methoxy groups -OCH3 is 2. The molecule has 308 valence electrons. The lowest BCUT2D eigenvalue weighted by molar-refractivity contribution is -0.252. The van der Waals surface area contributed by atoms with E-state index in [1.165, 1.54) is 33.8 Å². The number of aromatic amines is 2. The molecule has 6 rings (SSSR count). The highest BCUT2D eigenvalue weighted by Crippen LogP contribution is 2.63. The first-order valence-electron chi connectivity index (χ1n) is 15.8. The molecule has 0 aromatic carbocycles. The monoisotopic (exact) mass is 845 g/mol. The van der Waals surface area contributed by atoms with Crippen molar-refractivity contribution in [2.75, 3.05) is 85.9 Å². The molecule has 31 heteroatoms. The molecule has 28 nitrogen and oxygen atoms in total. The van der Waals surface area contributed by atoms with E-state index in [4.69, 9.17) is 30.4 Å². The van der Waals surface area contributed by atoms with Gasteiger partial charge < -0.3 is 84.0 Å². The number of anilines is 6. The van der Waals surface area contributed by atoms with Crippen molar-refractivity contribution in [1.29, 1.82) is 0 Å². The van der Waals surface area contributed by atoms with E-state index >= 15 is 0 Å². The van der Waals surface area contributed by atoms with E-state index in [1.807, 2.05) is 0 Å². The van der Waals surface area contributed by atoms with E-state index in [0.717, 1.165) is 0 Å². The third kappa shape index (κ3) is 8.26. The second-order valence-electron chi connectivity index (χ2n) is 12.5. The van der Waals surface area contributed by atoms with Crippen LogP contribution >= 0.6 is 23.5 Å². The molecule has 4 aliphatic rings. The molecule has 4 aliphatic heterocycles. The number of rotatable bonds is 14. The summed E-state index contributed by atoms with van der Waals surface area (Å²) >= 11 is 0. The molecule has 55 heavy (non-hydrogen) atoms. The number of nitrogens with one attached hydrogen (secondary N) is 2. The summed E-state index contributed by atoms with van der Waals surface area (Å²) < 4.78 is 76.5. The Morgan fingerprint density at radius 3 is 1.45 bits per heavy atom. The number of aliphatic hydroxyl groups is 2. The molecule has 2 aromatic rings. The standard InChI is InChI=1S/C24H39N10O18P3/c1-31-7-33(17-11(31)19(37)29-23(25)27-17)21-15(45-3)13(35)9(49-21)5-47-53(39,40)51-55(43,44)52-54(41,42)48-6-10-14(36)16(46-4)22(50-10)34-8-32(2)12-18(34)28-24(26)30-20(12)38/h9-10,13-16,21-22,35-36H,5-8H2,1-4H3,(H,39,40)(H,41,42)(H,43,44)(H3,25,27,29,37)(H3,26,28,30,38)/p-3/t9-,10-,13+,14?,15?,16?,21-,22-/m1/s1. The van der Waals surface area contributed by atoms with Crippen molar-refractivity contribution in [2.45, 2.75) is 49.1 Å². The molecule has 2 saturated heterocycles. The van der Waals surface area contributed by atoms with Gasteiger partial charge in [-0.25, -0.2) is 8.62 Å². The molecular weight excluding hydrogens is 809 g/mol. The Hall–Kier alpha value is -3.27. The van der Waals surface area contributed by atoms with Gasteiger partial charge in [0.25, 0.3) is 34.6 Å². The first-order valence-corrected chi connectivity index (χ1v) is 20.2. The second kappa shape index (κ2) is 15.2. The number of hydrogen-bond acceptors (Lipinski definition) is 26. The maximum absolute atomic E-state index is 12.5. The van der Waals surface area contributed by atoms with Crippen LogP contribution in [0.5, 0.6) is 0 Å². The number of hydrogen-bond donors (Lipinski definition) is 6. The molecule has 0 radical (unpaired) electrons. The van der Waals surface area contributed by atoms with Gasteiger partial charge in [0.1, 0.15) is 48.0 Å². The fourth-order valence-corrected chi connectivity index (χ4v) is 9.91. The van der Waals surface area contributed by atoms with Crippen LogP contribution in [0, 0.1) is 0 Å². The van der Waals surface area contributed by atoms with Crippen molar-refractivity contribution in [2.24, 2.45) is 0 Å². The summed E-state index contributed by atoms with van der Waals surface area (Å²) in [5.41, 5.74) is 10.5. The minimum atomic E-state index is -6.33. The molecule has 0 saturated carbocycles. The molecule has 6 unspecified atom stereocenters. The van der Waals surface area contributed by atoms with E-state index in [9.17, 15) is 48.2 Å². The van der Waals surface area contributed by atoms with Crippen LogP contribution < -0.4 is 56.9 Å². The average molecular weight is 846 g/mol. The fourth-order valence-electron chi connectivity index (χ4n) is 6.53. The molecule has 0 bridgehead atoms. The van der Waals surface area contributed by atoms with Gasteiger partial charge in [-0.1, -0.05) is 0 Å². The molecule has 8 N–H and O–H groups in total. The highest BCUT2D eigenvalue weighted by molar-refractivity contribution is 7.65. The van der Waals surface area contributed by atoms with Gasteiger partial charge in [0.05, 0.1) is 26.6 Å². The van der Waals surface area contributed by atoms with Crippen LogP contribution in [0.3, 0.4) is 0 Å². The van der Waals surface area contributed by atoms with E-state index < -0.39 is 96.9 Å². The van der Waals surface area contributed by atoms with Crippen molar-refractivity contribution in [1.82, 2.24) is 19.9 Å². The topological polar surface area (TPSA) is 391 Å². The van der Waals surface area contributed by atoms with Crippen molar-refractivity contribution < 1.29 is 75.2 Å². The number of nitrogens with two attached hydrogens (primary N) is 2. The van der Waals surface area contributed by atoms with Gasteiger partial charge in [-0.05, 0) is 0 Å². The molecule has 11 atom stereocenters. The molecule has 2 fully saturated rings. The summed E-state index contributed by atoms with van der Waals surface area (Å²) in [4.78, 5) is 81.0. The summed E-state index contributed by atoms with van der Waals surface area (Å²) in [5.74, 6) is -0.322. The third-order valence-corrected chi connectivity index (χ3v) is 12.9. The highest BCUT2D eigenvalue weighted by Gasteiger charge is 2.51. The van der Waals surface area contributed by atoms with Crippen molar-refractivity contribution in [3.8, 4) is 0 Å². The lowest BCUT2D eigenvalue weighted by Crippen LogP contribution is -2.46. The van der Waals surface area contributed by atoms with E-state index in [1.54, 1.807) is 14.1 Å². The zero-order valence-electron chi connectivity index (χ0n) is 29.1. The minimum Gasteiger partial charge on any atom is -0.756 e. The summed E-state index contributed by atoms with van der Waals surface area (Å²) in [6, 6.07) is 0. The Balaban J connectivity index is 1.04. The van der Waals surface area contributed by atoms with Crippen LogP contribution in [0.15, 0.2) is 9.59 Å². The Morgan fingerprint density at radius 2 is 1.11 bits per heavy atom. The van der Waals surface area contributed by atoms with Crippen LogP contribution in [-0.4, -0.2) is 134 Å². The van der Waals surface area contributed by atoms with Gasteiger partial charge in [0.15, 0.2) is 24.1 Å². The smallest absolute Gasteiger partial charge is 0.280 e. The van der Waals surface area contributed by atoms with Gasteiger partial charge in [0.2, 0.25) is 11.9 Å². The van der Waals surface area contributed by atoms with Crippen LogP contribution in [0.1, 0.15) is 0 Å². The largest absolute Gasteiger partial charge is 0.756 e. The first kappa shape index (κ1) is 41.4. The summed E-state index contributed by atoms with van der Waals surface area (Å²) in [6.07, 6.45) is -11.0. The predicted molar refractivity (Wildman–Crippen MR) is 178 cm³/mol. The molecular formula is C24H36N10O18P3-3. The second-order valence-corrected chi connectivity index (χ2v) is 17.0. The van der Waals surface area contributed by atoms with Crippen molar-refractivity contribution in [3.05, 3.63) is 20.7 Å². The summed E-state index contributed by atoms with van der Waals surface area (Å²) in [5, 5.41) is 21.7. The minimum absolute atomic E-state index is 0.00385. The maximum atomic E-state index is 12.5. The zero-order chi connectivity index (χ0) is 40.4. The summed E-state index contributed by atoms with van der Waals surface area (Å²) in [6.45, 7) is -2.15. The maximum Gasteiger partial charge on any atom is 0.280 e. The average Bonchev–Trinajstić information content (AvgIpc) is 3.77.